The van der Waals surface area contributed by atoms with Gasteiger partial charge in [-0.25, -0.2) is 9.78 Å². The van der Waals surface area contributed by atoms with Gasteiger partial charge in [0.2, 0.25) is 5.78 Å². The van der Waals surface area contributed by atoms with E-state index in [2.05, 4.69) is 4.98 Å². The molecule has 0 N–H and O–H groups in total. The molecule has 4 nitrogen and oxygen atoms in total. The van der Waals surface area contributed by atoms with Crippen molar-refractivity contribution < 1.29 is 14.3 Å². The highest BCUT2D eigenvalue weighted by Gasteiger charge is 2.22. The Morgan fingerprint density at radius 2 is 1.86 bits per heavy atom. The minimum atomic E-state index is -0.842. The molecular formula is C17H17NO3S. The van der Waals surface area contributed by atoms with E-state index < -0.39 is 12.1 Å². The average molecular weight is 315 g/mol. The molecule has 0 aliphatic rings. The molecule has 114 valence electrons. The Morgan fingerprint density at radius 3 is 2.50 bits per heavy atom. The number of hydrogen-bond acceptors (Lipinski definition) is 5. The van der Waals surface area contributed by atoms with Crippen molar-refractivity contribution in [3.05, 3.63) is 59.3 Å². The second kappa shape index (κ2) is 7.22. The number of esters is 1. The molecule has 5 heteroatoms. The molecule has 1 aromatic carbocycles. The van der Waals surface area contributed by atoms with Crippen LogP contribution in [0.2, 0.25) is 0 Å². The molecule has 1 aromatic heterocycles. The van der Waals surface area contributed by atoms with Gasteiger partial charge in [-0.3, -0.25) is 4.79 Å². The van der Waals surface area contributed by atoms with E-state index in [1.54, 1.807) is 37.4 Å². The van der Waals surface area contributed by atoms with Crippen molar-refractivity contribution in [3.8, 4) is 0 Å². The predicted octanol–water partition coefficient (Wildman–Crippen LogP) is 3.54. The van der Waals surface area contributed by atoms with E-state index in [0.717, 1.165) is 5.56 Å². The first-order valence-electron chi connectivity index (χ1n) is 6.83. The average Bonchev–Trinajstić information content (AvgIpc) is 2.54. The molecule has 1 atom stereocenters. The summed E-state index contributed by atoms with van der Waals surface area (Å²) in [6, 6.07) is 10.5. The number of rotatable bonds is 5. The van der Waals surface area contributed by atoms with Crippen LogP contribution in [0, 0.1) is 6.92 Å². The minimum absolute atomic E-state index is 0.219. The normalized spacial score (nSPS) is 11.8. The number of pyridine rings is 1. The number of ketones is 1. The molecule has 2 aromatic rings. The summed E-state index contributed by atoms with van der Waals surface area (Å²) >= 11 is 1.36. The summed E-state index contributed by atoms with van der Waals surface area (Å²) in [6.45, 7) is 3.53. The first kappa shape index (κ1) is 16.2. The lowest BCUT2D eigenvalue weighted by molar-refractivity contribution is 0.0314. The number of carbonyl (C=O) groups is 2. The van der Waals surface area contributed by atoms with Crippen LogP contribution in [0.25, 0.3) is 0 Å². The summed E-state index contributed by atoms with van der Waals surface area (Å²) in [5.41, 5.74) is 1.97. The van der Waals surface area contributed by atoms with Crippen LogP contribution < -0.4 is 0 Å². The van der Waals surface area contributed by atoms with Crippen LogP contribution in [0.1, 0.15) is 33.2 Å². The van der Waals surface area contributed by atoms with Gasteiger partial charge >= 0.3 is 5.97 Å². The second-order valence-corrected chi connectivity index (χ2v) is 5.63. The highest BCUT2D eigenvalue weighted by molar-refractivity contribution is 7.98. The first-order valence-corrected chi connectivity index (χ1v) is 8.06. The molecule has 0 saturated carbocycles. The SMILES string of the molecule is CSc1ncccc1C(=O)O[C@H](C)C(=O)c1ccc(C)cc1. The van der Waals surface area contributed by atoms with Gasteiger partial charge in [0.15, 0.2) is 6.10 Å². The van der Waals surface area contributed by atoms with Crippen LogP contribution in [0.15, 0.2) is 47.6 Å². The fourth-order valence-corrected chi connectivity index (χ4v) is 2.48. The zero-order valence-electron chi connectivity index (χ0n) is 12.7. The number of thioether (sulfide) groups is 1. The van der Waals surface area contributed by atoms with Gasteiger partial charge < -0.3 is 4.74 Å². The topological polar surface area (TPSA) is 56.3 Å². The molecule has 0 aliphatic heterocycles. The Bertz CT molecular complexity index is 683. The van der Waals surface area contributed by atoms with E-state index in [4.69, 9.17) is 4.74 Å². The monoisotopic (exact) mass is 315 g/mol. The number of aryl methyl sites for hydroxylation is 1. The maximum Gasteiger partial charge on any atom is 0.341 e. The third-order valence-corrected chi connectivity index (χ3v) is 3.89. The Kier molecular flexibility index (Phi) is 5.33. The molecule has 22 heavy (non-hydrogen) atoms. The van der Waals surface area contributed by atoms with Crippen LogP contribution in [0.4, 0.5) is 0 Å². The van der Waals surface area contributed by atoms with Crippen LogP contribution in [0.5, 0.6) is 0 Å². The standard InChI is InChI=1S/C17H17NO3S/c1-11-6-8-13(9-7-11)15(19)12(2)21-17(20)14-5-4-10-18-16(14)22-3/h4-10,12H,1-3H3/t12-/m1/s1. The van der Waals surface area contributed by atoms with Gasteiger partial charge in [-0.15, -0.1) is 11.8 Å². The van der Waals surface area contributed by atoms with E-state index >= 15 is 0 Å². The van der Waals surface area contributed by atoms with Crippen LogP contribution in [-0.2, 0) is 4.74 Å². The number of nitrogens with zero attached hydrogens (tertiary/aromatic N) is 1. The molecular weight excluding hydrogens is 298 g/mol. The van der Waals surface area contributed by atoms with Crippen LogP contribution in [0.3, 0.4) is 0 Å². The molecule has 1 heterocycles. The number of benzene rings is 1. The molecule has 0 amide bonds. The smallest absolute Gasteiger partial charge is 0.341 e. The van der Waals surface area contributed by atoms with Crippen LogP contribution in [-0.4, -0.2) is 29.1 Å². The predicted molar refractivity (Wildman–Crippen MR) is 86.4 cm³/mol. The van der Waals surface area contributed by atoms with Crippen molar-refractivity contribution in [1.82, 2.24) is 4.98 Å². The number of Topliss-reactive ketones (excluding diaryl/α,β-unsaturated/α-hetero) is 1. The van der Waals surface area contributed by atoms with Gasteiger partial charge in [-0.05, 0) is 32.2 Å². The lowest BCUT2D eigenvalue weighted by atomic mass is 10.1. The first-order chi connectivity index (χ1) is 10.5. The summed E-state index contributed by atoms with van der Waals surface area (Å²) in [4.78, 5) is 28.6. The van der Waals surface area contributed by atoms with Crippen molar-refractivity contribution in [2.24, 2.45) is 0 Å². The zero-order chi connectivity index (χ0) is 16.1. The molecule has 0 aliphatic carbocycles. The summed E-state index contributed by atoms with van der Waals surface area (Å²) in [5, 5.41) is 0.586. The van der Waals surface area contributed by atoms with Crippen molar-refractivity contribution in [2.45, 2.75) is 25.0 Å². The van der Waals surface area contributed by atoms with E-state index in [1.165, 1.54) is 11.8 Å². The summed E-state index contributed by atoms with van der Waals surface area (Å²) in [5.74, 6) is -0.756. The Morgan fingerprint density at radius 1 is 1.18 bits per heavy atom. The number of carbonyl (C=O) groups excluding carboxylic acids is 2. The van der Waals surface area contributed by atoms with E-state index in [9.17, 15) is 9.59 Å². The number of hydrogen-bond donors (Lipinski definition) is 0. The molecule has 2 rings (SSSR count). The molecule has 0 spiro atoms. The van der Waals surface area contributed by atoms with Crippen LogP contribution >= 0.6 is 11.8 Å². The Labute approximate surface area is 133 Å². The van der Waals surface area contributed by atoms with Gasteiger partial charge in [0.25, 0.3) is 0 Å². The molecule has 0 bridgehead atoms. The van der Waals surface area contributed by atoms with Gasteiger partial charge in [0.1, 0.15) is 5.03 Å². The van der Waals surface area contributed by atoms with E-state index in [0.29, 0.717) is 16.2 Å². The van der Waals surface area contributed by atoms with Gasteiger partial charge in [-0.1, -0.05) is 29.8 Å². The Balaban J connectivity index is 2.11. The second-order valence-electron chi connectivity index (χ2n) is 4.84. The Hall–Kier alpha value is -2.14. The quantitative estimate of drug-likeness (QED) is 0.480. The van der Waals surface area contributed by atoms with Gasteiger partial charge in [0, 0.05) is 11.8 Å². The number of aromatic nitrogens is 1. The zero-order valence-corrected chi connectivity index (χ0v) is 13.5. The third-order valence-electron chi connectivity index (χ3n) is 3.17. The van der Waals surface area contributed by atoms with Gasteiger partial charge in [0.05, 0.1) is 5.56 Å². The van der Waals surface area contributed by atoms with Crippen molar-refractivity contribution in [2.75, 3.05) is 6.26 Å². The molecule has 0 radical (unpaired) electrons. The highest BCUT2D eigenvalue weighted by atomic mass is 32.2. The molecule has 0 saturated heterocycles. The lowest BCUT2D eigenvalue weighted by Gasteiger charge is -2.13. The van der Waals surface area contributed by atoms with Crippen molar-refractivity contribution >= 4 is 23.5 Å². The van der Waals surface area contributed by atoms with E-state index in [-0.39, 0.29) is 5.78 Å². The summed E-state index contributed by atoms with van der Waals surface area (Å²) < 4.78 is 5.28. The molecule has 0 unspecified atom stereocenters. The minimum Gasteiger partial charge on any atom is -0.451 e. The highest BCUT2D eigenvalue weighted by Crippen LogP contribution is 2.19. The van der Waals surface area contributed by atoms with E-state index in [1.807, 2.05) is 25.3 Å². The molecule has 0 fully saturated rings. The number of ether oxygens (including phenoxy) is 1. The summed E-state index contributed by atoms with van der Waals surface area (Å²) in [6.07, 6.45) is 2.61. The van der Waals surface area contributed by atoms with Gasteiger partial charge in [-0.2, -0.15) is 0 Å². The lowest BCUT2D eigenvalue weighted by Crippen LogP contribution is -2.24. The maximum atomic E-state index is 12.3. The van der Waals surface area contributed by atoms with Crippen molar-refractivity contribution in [1.29, 1.82) is 0 Å². The third kappa shape index (κ3) is 3.74. The maximum absolute atomic E-state index is 12.3. The largest absolute Gasteiger partial charge is 0.451 e. The summed E-state index contributed by atoms with van der Waals surface area (Å²) in [7, 11) is 0. The fraction of sp³-hybridized carbons (Fsp3) is 0.235. The fourth-order valence-electron chi connectivity index (χ4n) is 1.94. The van der Waals surface area contributed by atoms with Crippen molar-refractivity contribution in [3.63, 3.8) is 0 Å².